The third-order valence-corrected chi connectivity index (χ3v) is 4.71. The van der Waals surface area contributed by atoms with Crippen LogP contribution in [0.1, 0.15) is 24.5 Å². The van der Waals surface area contributed by atoms with Crippen molar-refractivity contribution in [1.82, 2.24) is 4.57 Å². The van der Waals surface area contributed by atoms with E-state index in [1.165, 1.54) is 12.1 Å². The van der Waals surface area contributed by atoms with Gasteiger partial charge in [-0.05, 0) is 54.3 Å². The van der Waals surface area contributed by atoms with Gasteiger partial charge in [-0.3, -0.25) is 19.7 Å². The topological polar surface area (TPSA) is 91.4 Å². The summed E-state index contributed by atoms with van der Waals surface area (Å²) in [5.41, 5.74) is 2.92. The van der Waals surface area contributed by atoms with Crippen molar-refractivity contribution in [3.63, 3.8) is 0 Å². The van der Waals surface area contributed by atoms with Crippen LogP contribution in [0.5, 0.6) is 0 Å². The van der Waals surface area contributed by atoms with E-state index >= 15 is 0 Å². The second kappa shape index (κ2) is 9.65. The van der Waals surface area contributed by atoms with Gasteiger partial charge in [0.1, 0.15) is 0 Å². The Morgan fingerprint density at radius 2 is 1.70 bits per heavy atom. The number of ether oxygens (including phenoxy) is 1. The fourth-order valence-corrected chi connectivity index (χ4v) is 3.13. The number of pyridine rings is 1. The van der Waals surface area contributed by atoms with Crippen LogP contribution in [0, 0.1) is 10.1 Å². The molecule has 0 aliphatic rings. The van der Waals surface area contributed by atoms with Gasteiger partial charge >= 0.3 is 5.97 Å². The van der Waals surface area contributed by atoms with Crippen molar-refractivity contribution in [1.29, 1.82) is 0 Å². The number of nitrogens with zero attached hydrogens (tertiary/aromatic N) is 2. The first-order valence-corrected chi connectivity index (χ1v) is 9.65. The third-order valence-electron chi connectivity index (χ3n) is 4.71. The molecular formula is C23H22N2O5. The van der Waals surface area contributed by atoms with E-state index in [4.69, 9.17) is 4.74 Å². The van der Waals surface area contributed by atoms with E-state index in [2.05, 4.69) is 0 Å². The Morgan fingerprint density at radius 3 is 2.33 bits per heavy atom. The maximum atomic E-state index is 12.9. The molecule has 0 bridgehead atoms. The van der Waals surface area contributed by atoms with Crippen molar-refractivity contribution in [2.24, 2.45) is 0 Å². The molecule has 7 heteroatoms. The summed E-state index contributed by atoms with van der Waals surface area (Å²) >= 11 is 0. The number of hydrogen-bond donors (Lipinski definition) is 0. The molecule has 0 aliphatic carbocycles. The molecular weight excluding hydrogens is 384 g/mol. The zero-order valence-electron chi connectivity index (χ0n) is 16.6. The number of non-ortho nitro benzene ring substituents is 1. The van der Waals surface area contributed by atoms with Crippen LogP contribution in [0.4, 0.5) is 5.69 Å². The molecule has 0 saturated carbocycles. The van der Waals surface area contributed by atoms with Crippen molar-refractivity contribution in [2.75, 3.05) is 6.61 Å². The normalized spacial score (nSPS) is 10.6. The number of aromatic nitrogens is 1. The Bertz CT molecular complexity index is 1090. The minimum atomic E-state index is -0.469. The first kappa shape index (κ1) is 21.0. The number of nitro groups is 1. The highest BCUT2D eigenvalue weighted by Crippen LogP contribution is 2.19. The Kier molecular flexibility index (Phi) is 6.75. The molecule has 1 aromatic heterocycles. The number of esters is 1. The molecule has 0 radical (unpaired) electrons. The first-order valence-electron chi connectivity index (χ1n) is 9.65. The maximum absolute atomic E-state index is 12.9. The molecule has 0 spiro atoms. The molecule has 0 fully saturated rings. The van der Waals surface area contributed by atoms with E-state index in [1.54, 1.807) is 42.0 Å². The van der Waals surface area contributed by atoms with Gasteiger partial charge in [-0.2, -0.15) is 0 Å². The zero-order valence-corrected chi connectivity index (χ0v) is 16.6. The third kappa shape index (κ3) is 5.20. The van der Waals surface area contributed by atoms with Crippen molar-refractivity contribution < 1.29 is 14.5 Å². The average Bonchev–Trinajstić information content (AvgIpc) is 2.75. The summed E-state index contributed by atoms with van der Waals surface area (Å²) in [4.78, 5) is 34.7. The van der Waals surface area contributed by atoms with Gasteiger partial charge in [0.15, 0.2) is 0 Å². The molecule has 0 atom stereocenters. The molecule has 2 aromatic carbocycles. The highest BCUT2D eigenvalue weighted by Gasteiger charge is 2.10. The lowest BCUT2D eigenvalue weighted by Gasteiger charge is -2.09. The minimum Gasteiger partial charge on any atom is -0.466 e. The maximum Gasteiger partial charge on any atom is 0.306 e. The van der Waals surface area contributed by atoms with E-state index in [1.807, 2.05) is 24.3 Å². The van der Waals surface area contributed by atoms with E-state index in [9.17, 15) is 19.7 Å². The van der Waals surface area contributed by atoms with E-state index in [0.29, 0.717) is 37.1 Å². The van der Waals surface area contributed by atoms with Crippen molar-refractivity contribution >= 4 is 11.7 Å². The zero-order chi connectivity index (χ0) is 21.5. The van der Waals surface area contributed by atoms with Gasteiger partial charge in [0.25, 0.3) is 11.2 Å². The molecule has 0 saturated heterocycles. The molecule has 0 aliphatic heterocycles. The lowest BCUT2D eigenvalue weighted by molar-refractivity contribution is -0.384. The van der Waals surface area contributed by atoms with Crippen LogP contribution >= 0.6 is 0 Å². The number of rotatable bonds is 8. The van der Waals surface area contributed by atoms with Gasteiger partial charge in [0, 0.05) is 30.3 Å². The van der Waals surface area contributed by atoms with Gasteiger partial charge in [-0.15, -0.1) is 0 Å². The molecule has 7 nitrogen and oxygen atoms in total. The van der Waals surface area contributed by atoms with Crippen molar-refractivity contribution in [3.05, 3.63) is 98.5 Å². The molecule has 3 rings (SSSR count). The van der Waals surface area contributed by atoms with Crippen LogP contribution in [0.25, 0.3) is 11.1 Å². The molecule has 0 amide bonds. The largest absolute Gasteiger partial charge is 0.466 e. The number of benzene rings is 2. The number of carbonyl (C=O) groups excluding carboxylic acids is 1. The summed E-state index contributed by atoms with van der Waals surface area (Å²) in [6, 6.07) is 17.2. The number of hydrogen-bond acceptors (Lipinski definition) is 5. The van der Waals surface area contributed by atoms with Gasteiger partial charge in [-0.1, -0.05) is 24.3 Å². The predicted molar refractivity (Wildman–Crippen MR) is 113 cm³/mol. The molecule has 30 heavy (non-hydrogen) atoms. The minimum absolute atomic E-state index is 0.0157. The van der Waals surface area contributed by atoms with Crippen molar-refractivity contribution in [2.45, 2.75) is 26.3 Å². The lowest BCUT2D eigenvalue weighted by Crippen LogP contribution is -2.21. The SMILES string of the molecule is CCOC(=O)CCc1ccc(Cn2cccc(-c3ccc([N+](=O)[O-])cc3)c2=O)cc1. The Balaban J connectivity index is 1.73. The van der Waals surface area contributed by atoms with Crippen LogP contribution in [-0.2, 0) is 22.5 Å². The molecule has 3 aromatic rings. The molecule has 0 N–H and O–H groups in total. The Labute approximate surface area is 173 Å². The summed E-state index contributed by atoms with van der Waals surface area (Å²) in [5.74, 6) is -0.212. The monoisotopic (exact) mass is 406 g/mol. The molecule has 1 heterocycles. The van der Waals surface area contributed by atoms with E-state index in [0.717, 1.165) is 11.1 Å². The summed E-state index contributed by atoms with van der Waals surface area (Å²) in [6.07, 6.45) is 2.66. The number of nitro benzene ring substituents is 1. The van der Waals surface area contributed by atoms with Gasteiger partial charge < -0.3 is 9.30 Å². The van der Waals surface area contributed by atoms with Crippen LogP contribution < -0.4 is 5.56 Å². The highest BCUT2D eigenvalue weighted by molar-refractivity contribution is 5.69. The van der Waals surface area contributed by atoms with Crippen LogP contribution in [-0.4, -0.2) is 22.1 Å². The number of carbonyl (C=O) groups is 1. The number of aryl methyl sites for hydroxylation is 1. The Hall–Kier alpha value is -3.74. The van der Waals surface area contributed by atoms with Gasteiger partial charge in [-0.25, -0.2) is 0 Å². The lowest BCUT2D eigenvalue weighted by atomic mass is 10.1. The predicted octanol–water partition coefficient (Wildman–Crippen LogP) is 3.97. The highest BCUT2D eigenvalue weighted by atomic mass is 16.6. The Morgan fingerprint density at radius 1 is 1.03 bits per heavy atom. The second-order valence-electron chi connectivity index (χ2n) is 6.78. The quantitative estimate of drug-likeness (QED) is 0.321. The smallest absolute Gasteiger partial charge is 0.306 e. The standard InChI is InChI=1S/C23H22N2O5/c1-2-30-22(26)14-9-17-5-7-18(8-6-17)16-24-15-3-4-21(23(24)27)19-10-12-20(13-11-19)25(28)29/h3-8,10-13,15H,2,9,14,16H2,1H3. The summed E-state index contributed by atoms with van der Waals surface area (Å²) in [7, 11) is 0. The van der Waals surface area contributed by atoms with Crippen LogP contribution in [0.2, 0.25) is 0 Å². The fourth-order valence-electron chi connectivity index (χ4n) is 3.13. The van der Waals surface area contributed by atoms with Crippen LogP contribution in [0.3, 0.4) is 0 Å². The summed E-state index contributed by atoms with van der Waals surface area (Å²) in [6.45, 7) is 2.56. The molecule has 154 valence electrons. The average molecular weight is 406 g/mol. The van der Waals surface area contributed by atoms with Crippen LogP contribution in [0.15, 0.2) is 71.7 Å². The van der Waals surface area contributed by atoms with Gasteiger partial charge in [0.2, 0.25) is 0 Å². The van der Waals surface area contributed by atoms with Gasteiger partial charge in [0.05, 0.1) is 18.1 Å². The van der Waals surface area contributed by atoms with E-state index in [-0.39, 0.29) is 17.2 Å². The van der Waals surface area contributed by atoms with E-state index < -0.39 is 4.92 Å². The summed E-state index contributed by atoms with van der Waals surface area (Å²) in [5, 5.41) is 10.8. The fraction of sp³-hybridized carbons (Fsp3) is 0.217. The second-order valence-corrected chi connectivity index (χ2v) is 6.78. The summed E-state index contributed by atoms with van der Waals surface area (Å²) < 4.78 is 6.54. The molecule has 0 unspecified atom stereocenters. The van der Waals surface area contributed by atoms with Crippen molar-refractivity contribution in [3.8, 4) is 11.1 Å². The first-order chi connectivity index (χ1) is 14.5.